The number of pyridine rings is 1. The molecule has 1 saturated heterocycles. The highest BCUT2D eigenvalue weighted by Gasteiger charge is 2.31. The third-order valence-electron chi connectivity index (χ3n) is 3.64. The van der Waals surface area contributed by atoms with Gasteiger partial charge in [-0.15, -0.1) is 0 Å². The maximum absolute atomic E-state index is 11.2. The highest BCUT2D eigenvalue weighted by molar-refractivity contribution is 6.02. The topological polar surface area (TPSA) is 91.7 Å². The number of ether oxygens (including phenoxy) is 1. The van der Waals surface area contributed by atoms with E-state index >= 15 is 0 Å². The molecule has 6 nitrogen and oxygen atoms in total. The van der Waals surface area contributed by atoms with Crippen LogP contribution in [0.25, 0.3) is 10.9 Å². The van der Waals surface area contributed by atoms with Gasteiger partial charge in [-0.25, -0.2) is 9.78 Å². The zero-order chi connectivity index (χ0) is 14.9. The highest BCUT2D eigenvalue weighted by atomic mass is 16.5. The molecule has 1 aliphatic heterocycles. The van der Waals surface area contributed by atoms with Crippen molar-refractivity contribution in [3.63, 3.8) is 0 Å². The number of hydrogen-bond donors (Lipinski definition) is 3. The highest BCUT2D eigenvalue weighted by Crippen LogP contribution is 2.22. The van der Waals surface area contributed by atoms with Gasteiger partial charge in [0.1, 0.15) is 11.4 Å². The van der Waals surface area contributed by atoms with Crippen LogP contribution in [0.15, 0.2) is 30.3 Å². The molecule has 0 aliphatic carbocycles. The van der Waals surface area contributed by atoms with Crippen molar-refractivity contribution < 1.29 is 19.7 Å². The van der Waals surface area contributed by atoms with E-state index in [-0.39, 0.29) is 5.56 Å². The molecule has 0 bridgehead atoms. The maximum Gasteiger partial charge on any atom is 0.336 e. The Morgan fingerprint density at radius 3 is 2.95 bits per heavy atom. The molecule has 110 valence electrons. The zero-order valence-electron chi connectivity index (χ0n) is 11.4. The van der Waals surface area contributed by atoms with Crippen molar-refractivity contribution in [1.29, 1.82) is 0 Å². The van der Waals surface area contributed by atoms with Crippen LogP contribution in [0.3, 0.4) is 0 Å². The number of aromatic nitrogens is 1. The van der Waals surface area contributed by atoms with E-state index in [1.807, 2.05) is 0 Å². The molecule has 1 aromatic heterocycles. The first kappa shape index (κ1) is 13.8. The molecule has 0 amide bonds. The largest absolute Gasteiger partial charge is 0.478 e. The SMILES string of the molecule is O=C(O)c1cccc2nc(NCC3(O)CCOC3)ccc12. The molecule has 3 rings (SSSR count). The van der Waals surface area contributed by atoms with Crippen LogP contribution in [0.2, 0.25) is 0 Å². The summed E-state index contributed by atoms with van der Waals surface area (Å²) in [5, 5.41) is 23.0. The number of hydrogen-bond acceptors (Lipinski definition) is 5. The van der Waals surface area contributed by atoms with Crippen LogP contribution < -0.4 is 5.32 Å². The van der Waals surface area contributed by atoms with E-state index < -0.39 is 11.6 Å². The minimum Gasteiger partial charge on any atom is -0.478 e. The average Bonchev–Trinajstić information content (AvgIpc) is 2.91. The van der Waals surface area contributed by atoms with E-state index in [1.165, 1.54) is 0 Å². The van der Waals surface area contributed by atoms with Gasteiger partial charge in [0, 0.05) is 25.0 Å². The molecule has 0 radical (unpaired) electrons. The first-order valence-corrected chi connectivity index (χ1v) is 6.74. The fraction of sp³-hybridized carbons (Fsp3) is 0.333. The van der Waals surface area contributed by atoms with Gasteiger partial charge in [0.15, 0.2) is 0 Å². The summed E-state index contributed by atoms with van der Waals surface area (Å²) >= 11 is 0. The lowest BCUT2D eigenvalue weighted by Gasteiger charge is -2.21. The Balaban J connectivity index is 1.83. The van der Waals surface area contributed by atoms with Crippen LogP contribution in [0, 0.1) is 0 Å². The van der Waals surface area contributed by atoms with Crippen LogP contribution in [0.4, 0.5) is 5.82 Å². The van der Waals surface area contributed by atoms with E-state index in [0.717, 1.165) is 0 Å². The summed E-state index contributed by atoms with van der Waals surface area (Å²) in [6.45, 7) is 1.23. The van der Waals surface area contributed by atoms with Crippen molar-refractivity contribution in [2.45, 2.75) is 12.0 Å². The Morgan fingerprint density at radius 2 is 2.24 bits per heavy atom. The van der Waals surface area contributed by atoms with Gasteiger partial charge in [-0.1, -0.05) is 6.07 Å². The number of fused-ring (bicyclic) bond motifs is 1. The van der Waals surface area contributed by atoms with Crippen LogP contribution in [0.5, 0.6) is 0 Å². The number of benzene rings is 1. The summed E-state index contributed by atoms with van der Waals surface area (Å²) < 4.78 is 5.19. The molecule has 3 N–H and O–H groups in total. The third kappa shape index (κ3) is 2.81. The van der Waals surface area contributed by atoms with Gasteiger partial charge in [-0.2, -0.15) is 0 Å². The molecule has 0 saturated carbocycles. The number of aromatic carboxylic acids is 1. The molecule has 21 heavy (non-hydrogen) atoms. The minimum atomic E-state index is -0.972. The minimum absolute atomic E-state index is 0.231. The summed E-state index contributed by atoms with van der Waals surface area (Å²) in [5.41, 5.74) is -0.0246. The molecule has 1 unspecified atom stereocenters. The molecule has 1 atom stereocenters. The summed E-state index contributed by atoms with van der Waals surface area (Å²) in [7, 11) is 0. The lowest BCUT2D eigenvalue weighted by atomic mass is 10.0. The quantitative estimate of drug-likeness (QED) is 0.789. The first-order chi connectivity index (χ1) is 10.1. The second-order valence-corrected chi connectivity index (χ2v) is 5.25. The predicted octanol–water partition coefficient (Wildman–Crippen LogP) is 1.50. The van der Waals surface area contributed by atoms with Crippen molar-refractivity contribution in [3.05, 3.63) is 35.9 Å². The second kappa shape index (κ2) is 5.31. The van der Waals surface area contributed by atoms with Gasteiger partial charge in [0.05, 0.1) is 17.7 Å². The Bertz CT molecular complexity index is 680. The molecule has 2 heterocycles. The number of nitrogens with one attached hydrogen (secondary N) is 1. The Labute approximate surface area is 121 Å². The van der Waals surface area contributed by atoms with E-state index in [9.17, 15) is 9.90 Å². The fourth-order valence-electron chi connectivity index (χ4n) is 2.43. The number of carboxylic acids is 1. The molecule has 0 spiro atoms. The van der Waals surface area contributed by atoms with Crippen molar-refractivity contribution in [2.75, 3.05) is 25.1 Å². The van der Waals surface area contributed by atoms with Gasteiger partial charge in [-0.05, 0) is 24.3 Å². The second-order valence-electron chi connectivity index (χ2n) is 5.25. The molecule has 6 heteroatoms. The van der Waals surface area contributed by atoms with E-state index in [1.54, 1.807) is 30.3 Å². The van der Waals surface area contributed by atoms with Crippen molar-refractivity contribution >= 4 is 22.7 Å². The lowest BCUT2D eigenvalue weighted by molar-refractivity contribution is 0.0381. The van der Waals surface area contributed by atoms with Crippen molar-refractivity contribution in [1.82, 2.24) is 4.98 Å². The lowest BCUT2D eigenvalue weighted by Crippen LogP contribution is -2.37. The van der Waals surface area contributed by atoms with Crippen LogP contribution >= 0.6 is 0 Å². The smallest absolute Gasteiger partial charge is 0.336 e. The van der Waals surface area contributed by atoms with Gasteiger partial charge < -0.3 is 20.3 Å². The van der Waals surface area contributed by atoms with Gasteiger partial charge in [-0.3, -0.25) is 0 Å². The summed E-state index contributed by atoms with van der Waals surface area (Å²) in [6, 6.07) is 8.43. The Kier molecular flexibility index (Phi) is 3.48. The molecule has 1 aromatic carbocycles. The summed E-state index contributed by atoms with van der Waals surface area (Å²) in [4.78, 5) is 15.5. The Hall–Kier alpha value is -2.18. The average molecular weight is 288 g/mol. The fourth-order valence-corrected chi connectivity index (χ4v) is 2.43. The molecular weight excluding hydrogens is 272 g/mol. The van der Waals surface area contributed by atoms with Crippen LogP contribution in [0.1, 0.15) is 16.8 Å². The first-order valence-electron chi connectivity index (χ1n) is 6.74. The van der Waals surface area contributed by atoms with Crippen molar-refractivity contribution in [2.24, 2.45) is 0 Å². The molecular formula is C15H16N2O4. The number of nitrogens with zero attached hydrogens (tertiary/aromatic N) is 1. The van der Waals surface area contributed by atoms with Crippen molar-refractivity contribution in [3.8, 4) is 0 Å². The van der Waals surface area contributed by atoms with E-state index in [0.29, 0.717) is 42.9 Å². The van der Waals surface area contributed by atoms with Crippen LogP contribution in [-0.2, 0) is 4.74 Å². The molecule has 2 aromatic rings. The normalized spacial score (nSPS) is 21.6. The van der Waals surface area contributed by atoms with Gasteiger partial charge in [0.2, 0.25) is 0 Å². The van der Waals surface area contributed by atoms with E-state index in [2.05, 4.69) is 10.3 Å². The molecule has 1 fully saturated rings. The summed E-state index contributed by atoms with van der Waals surface area (Å²) in [5.74, 6) is -0.370. The Morgan fingerprint density at radius 1 is 1.38 bits per heavy atom. The maximum atomic E-state index is 11.2. The van der Waals surface area contributed by atoms with Gasteiger partial charge in [0.25, 0.3) is 0 Å². The third-order valence-corrected chi connectivity index (χ3v) is 3.64. The number of carboxylic acid groups (broad SMARTS) is 1. The van der Waals surface area contributed by atoms with Gasteiger partial charge >= 0.3 is 5.97 Å². The van der Waals surface area contributed by atoms with Crippen LogP contribution in [-0.4, -0.2) is 46.5 Å². The number of aliphatic hydroxyl groups is 1. The number of rotatable bonds is 4. The predicted molar refractivity (Wildman–Crippen MR) is 77.6 cm³/mol. The standard InChI is InChI=1S/C15H16N2O4/c18-14(19)11-2-1-3-12-10(11)4-5-13(17-12)16-8-15(20)6-7-21-9-15/h1-5,20H,6-9H2,(H,16,17)(H,18,19). The number of carbonyl (C=O) groups is 1. The zero-order valence-corrected chi connectivity index (χ0v) is 11.4. The summed E-state index contributed by atoms with van der Waals surface area (Å²) in [6.07, 6.45) is 0.594. The monoisotopic (exact) mass is 288 g/mol. The molecule has 1 aliphatic rings. The number of anilines is 1. The van der Waals surface area contributed by atoms with E-state index in [4.69, 9.17) is 9.84 Å².